The summed E-state index contributed by atoms with van der Waals surface area (Å²) < 4.78 is 11.0. The van der Waals surface area contributed by atoms with Gasteiger partial charge in [0.2, 0.25) is 0 Å². The first-order chi connectivity index (χ1) is 14.7. The first kappa shape index (κ1) is 21.7. The summed E-state index contributed by atoms with van der Waals surface area (Å²) >= 11 is 0. The Morgan fingerprint density at radius 1 is 0.800 bits per heavy atom. The molecular weight excluding hydrogens is 372 g/mol. The van der Waals surface area contributed by atoms with Crippen molar-refractivity contribution in [3.05, 3.63) is 102 Å². The fourth-order valence-electron chi connectivity index (χ4n) is 3.19. The standard InChI is InChI=1S/C27H30O3/c1-29-26-17-12-22(13-18-26)7-5-6-10-25(28)16-11-23-14-19-27(20-15-23)30-21-24-8-3-2-4-9-24/h2-5,7-9,12-15,17-20,25,28H,6,10-11,16,21H2,1H3/b7-5+. The summed E-state index contributed by atoms with van der Waals surface area (Å²) in [6.45, 7) is 0.572. The molecule has 0 radical (unpaired) electrons. The van der Waals surface area contributed by atoms with Gasteiger partial charge in [-0.05, 0) is 66.6 Å². The number of benzene rings is 3. The summed E-state index contributed by atoms with van der Waals surface area (Å²) in [7, 11) is 1.67. The number of rotatable bonds is 11. The second-order valence-electron chi connectivity index (χ2n) is 7.36. The minimum absolute atomic E-state index is 0.292. The van der Waals surface area contributed by atoms with Crippen LogP contribution in [-0.4, -0.2) is 18.3 Å². The van der Waals surface area contributed by atoms with Crippen molar-refractivity contribution in [3.63, 3.8) is 0 Å². The Morgan fingerprint density at radius 3 is 2.20 bits per heavy atom. The lowest BCUT2D eigenvalue weighted by molar-refractivity contribution is 0.156. The van der Waals surface area contributed by atoms with Gasteiger partial charge in [-0.2, -0.15) is 0 Å². The molecule has 0 spiro atoms. The average molecular weight is 403 g/mol. The molecule has 0 aliphatic rings. The van der Waals surface area contributed by atoms with Crippen molar-refractivity contribution < 1.29 is 14.6 Å². The molecule has 3 nitrogen and oxygen atoms in total. The predicted octanol–water partition coefficient (Wildman–Crippen LogP) is 6.06. The van der Waals surface area contributed by atoms with Crippen LogP contribution in [-0.2, 0) is 13.0 Å². The van der Waals surface area contributed by atoms with Gasteiger partial charge in [0.15, 0.2) is 0 Å². The highest BCUT2D eigenvalue weighted by atomic mass is 16.5. The quantitative estimate of drug-likeness (QED) is 0.424. The summed E-state index contributed by atoms with van der Waals surface area (Å²) in [5.74, 6) is 1.73. The van der Waals surface area contributed by atoms with Crippen LogP contribution in [0.3, 0.4) is 0 Å². The van der Waals surface area contributed by atoms with Crippen LogP contribution in [0, 0.1) is 0 Å². The van der Waals surface area contributed by atoms with E-state index in [9.17, 15) is 5.11 Å². The summed E-state index contributed by atoms with van der Waals surface area (Å²) in [5.41, 5.74) is 3.51. The minimum Gasteiger partial charge on any atom is -0.497 e. The fourth-order valence-corrected chi connectivity index (χ4v) is 3.19. The van der Waals surface area contributed by atoms with Gasteiger partial charge in [-0.25, -0.2) is 0 Å². The largest absolute Gasteiger partial charge is 0.497 e. The van der Waals surface area contributed by atoms with E-state index in [1.807, 2.05) is 54.6 Å². The number of aliphatic hydroxyl groups excluding tert-OH is 1. The topological polar surface area (TPSA) is 38.7 Å². The van der Waals surface area contributed by atoms with Gasteiger partial charge in [-0.1, -0.05) is 66.7 Å². The molecule has 3 aromatic rings. The Labute approximate surface area is 179 Å². The lowest BCUT2D eigenvalue weighted by atomic mass is 10.0. The smallest absolute Gasteiger partial charge is 0.119 e. The number of hydrogen-bond acceptors (Lipinski definition) is 3. The summed E-state index contributed by atoms with van der Waals surface area (Å²) in [6.07, 6.45) is 7.16. The summed E-state index contributed by atoms with van der Waals surface area (Å²) in [6, 6.07) is 26.3. The van der Waals surface area contributed by atoms with Crippen LogP contribution in [0.15, 0.2) is 84.9 Å². The molecule has 0 saturated heterocycles. The molecule has 3 heteroatoms. The maximum Gasteiger partial charge on any atom is 0.119 e. The third-order valence-electron chi connectivity index (χ3n) is 5.03. The van der Waals surface area contributed by atoms with Crippen molar-refractivity contribution >= 4 is 6.08 Å². The van der Waals surface area contributed by atoms with Crippen LogP contribution in [0.2, 0.25) is 0 Å². The Morgan fingerprint density at radius 2 is 1.50 bits per heavy atom. The molecule has 3 aromatic carbocycles. The van der Waals surface area contributed by atoms with Gasteiger partial charge in [-0.3, -0.25) is 0 Å². The molecule has 0 fully saturated rings. The maximum atomic E-state index is 10.3. The molecule has 1 atom stereocenters. The normalized spacial score (nSPS) is 12.1. The monoisotopic (exact) mass is 402 g/mol. The van der Waals surface area contributed by atoms with Gasteiger partial charge < -0.3 is 14.6 Å². The van der Waals surface area contributed by atoms with Crippen molar-refractivity contribution in [1.29, 1.82) is 0 Å². The van der Waals surface area contributed by atoms with Crippen LogP contribution in [0.1, 0.15) is 36.0 Å². The van der Waals surface area contributed by atoms with E-state index in [1.54, 1.807) is 7.11 Å². The molecule has 0 heterocycles. The van der Waals surface area contributed by atoms with Gasteiger partial charge in [0.25, 0.3) is 0 Å². The van der Waals surface area contributed by atoms with E-state index in [0.717, 1.165) is 48.3 Å². The van der Waals surface area contributed by atoms with E-state index in [-0.39, 0.29) is 6.10 Å². The van der Waals surface area contributed by atoms with E-state index in [1.165, 1.54) is 5.56 Å². The van der Waals surface area contributed by atoms with Gasteiger partial charge >= 0.3 is 0 Å². The minimum atomic E-state index is -0.292. The molecule has 3 rings (SSSR count). The van der Waals surface area contributed by atoms with E-state index in [2.05, 4.69) is 36.4 Å². The zero-order valence-corrected chi connectivity index (χ0v) is 17.5. The third-order valence-corrected chi connectivity index (χ3v) is 5.03. The lowest BCUT2D eigenvalue weighted by Gasteiger charge is -2.10. The molecular formula is C27H30O3. The molecule has 156 valence electrons. The number of methoxy groups -OCH3 is 1. The Hall–Kier alpha value is -3.04. The van der Waals surface area contributed by atoms with Gasteiger partial charge in [0, 0.05) is 0 Å². The van der Waals surface area contributed by atoms with Crippen LogP contribution in [0.4, 0.5) is 0 Å². The van der Waals surface area contributed by atoms with Crippen molar-refractivity contribution in [2.24, 2.45) is 0 Å². The van der Waals surface area contributed by atoms with E-state index < -0.39 is 0 Å². The van der Waals surface area contributed by atoms with Crippen LogP contribution in [0.25, 0.3) is 6.08 Å². The van der Waals surface area contributed by atoms with Gasteiger partial charge in [0.1, 0.15) is 18.1 Å². The van der Waals surface area contributed by atoms with Gasteiger partial charge in [0.05, 0.1) is 13.2 Å². The van der Waals surface area contributed by atoms with Crippen molar-refractivity contribution in [3.8, 4) is 11.5 Å². The van der Waals surface area contributed by atoms with Gasteiger partial charge in [-0.15, -0.1) is 0 Å². The average Bonchev–Trinajstić information content (AvgIpc) is 2.81. The second-order valence-corrected chi connectivity index (χ2v) is 7.36. The highest BCUT2D eigenvalue weighted by Gasteiger charge is 2.04. The molecule has 0 aliphatic heterocycles. The second kappa shape index (κ2) is 11.8. The van der Waals surface area contributed by atoms with Crippen LogP contribution in [0.5, 0.6) is 11.5 Å². The molecule has 0 saturated carbocycles. The highest BCUT2D eigenvalue weighted by Crippen LogP contribution is 2.17. The van der Waals surface area contributed by atoms with Crippen molar-refractivity contribution in [1.82, 2.24) is 0 Å². The lowest BCUT2D eigenvalue weighted by Crippen LogP contribution is -2.07. The fraction of sp³-hybridized carbons (Fsp3) is 0.259. The molecule has 0 amide bonds. The Balaban J connectivity index is 1.34. The zero-order valence-electron chi connectivity index (χ0n) is 17.5. The summed E-state index contributed by atoms with van der Waals surface area (Å²) in [4.78, 5) is 0. The van der Waals surface area contributed by atoms with E-state index in [0.29, 0.717) is 6.61 Å². The predicted molar refractivity (Wildman–Crippen MR) is 123 cm³/mol. The molecule has 1 unspecified atom stereocenters. The molecule has 0 aliphatic carbocycles. The van der Waals surface area contributed by atoms with Crippen molar-refractivity contribution in [2.75, 3.05) is 7.11 Å². The first-order valence-electron chi connectivity index (χ1n) is 10.5. The molecule has 0 aromatic heterocycles. The van der Waals surface area contributed by atoms with Crippen LogP contribution >= 0.6 is 0 Å². The van der Waals surface area contributed by atoms with Crippen molar-refractivity contribution in [2.45, 2.75) is 38.4 Å². The number of aryl methyl sites for hydroxylation is 1. The number of ether oxygens (including phenoxy) is 2. The number of allylic oxidation sites excluding steroid dienone is 1. The van der Waals surface area contributed by atoms with E-state index in [4.69, 9.17) is 9.47 Å². The Kier molecular flexibility index (Phi) is 8.55. The summed E-state index contributed by atoms with van der Waals surface area (Å²) in [5, 5.41) is 10.3. The first-order valence-corrected chi connectivity index (χ1v) is 10.5. The molecule has 0 bridgehead atoms. The maximum absolute atomic E-state index is 10.3. The SMILES string of the molecule is COc1ccc(/C=C/CCC(O)CCc2ccc(OCc3ccccc3)cc2)cc1. The van der Waals surface area contributed by atoms with E-state index >= 15 is 0 Å². The molecule has 30 heavy (non-hydrogen) atoms. The van der Waals surface area contributed by atoms with Crippen LogP contribution < -0.4 is 9.47 Å². The highest BCUT2D eigenvalue weighted by molar-refractivity contribution is 5.50. The Bertz CT molecular complexity index is 884. The number of aliphatic hydroxyl groups is 1. The molecule has 1 N–H and O–H groups in total. The zero-order chi connectivity index (χ0) is 21.0. The third kappa shape index (κ3) is 7.41. The number of hydrogen-bond donors (Lipinski definition) is 1.